The Hall–Kier alpha value is -0.360. The summed E-state index contributed by atoms with van der Waals surface area (Å²) in [6.45, 7) is 12.5. The van der Waals surface area contributed by atoms with Crippen molar-refractivity contribution in [1.29, 1.82) is 0 Å². The lowest BCUT2D eigenvalue weighted by molar-refractivity contribution is -0.109. The first-order chi connectivity index (χ1) is 14.6. The van der Waals surface area contributed by atoms with Crippen molar-refractivity contribution in [3.63, 3.8) is 0 Å². The van der Waals surface area contributed by atoms with Crippen LogP contribution in [-0.4, -0.2) is 115 Å². The van der Waals surface area contributed by atoms with Crippen molar-refractivity contribution in [3.8, 4) is 0 Å². The molecular formula is C21H38O9. The summed E-state index contributed by atoms with van der Waals surface area (Å²) in [5, 5.41) is 0. The van der Waals surface area contributed by atoms with Crippen LogP contribution in [-0.2, 0) is 42.6 Å². The lowest BCUT2D eigenvalue weighted by Gasteiger charge is -2.22. The highest BCUT2D eigenvalue weighted by molar-refractivity contribution is 4.70. The minimum Gasteiger partial charge on any atom is -0.376 e. The zero-order valence-corrected chi connectivity index (χ0v) is 18.5. The van der Waals surface area contributed by atoms with Crippen LogP contribution in [0.1, 0.15) is 20.8 Å². The Balaban J connectivity index is 1.28. The fraction of sp³-hybridized carbons (Fsp3) is 1.00. The molecule has 3 rings (SSSR count). The Morgan fingerprint density at radius 1 is 0.567 bits per heavy atom. The summed E-state index contributed by atoms with van der Waals surface area (Å²) in [5.41, 5.74) is 0. The van der Waals surface area contributed by atoms with Gasteiger partial charge in [0, 0.05) is 0 Å². The molecule has 1 unspecified atom stereocenters. The maximum Gasteiger partial charge on any atom is 0.104 e. The summed E-state index contributed by atoms with van der Waals surface area (Å²) in [5.74, 6) is 0. The van der Waals surface area contributed by atoms with Crippen LogP contribution in [0.15, 0.2) is 0 Å². The Morgan fingerprint density at radius 2 is 0.933 bits per heavy atom. The molecule has 0 aromatic heterocycles. The quantitative estimate of drug-likeness (QED) is 0.258. The van der Waals surface area contributed by atoms with Gasteiger partial charge >= 0.3 is 0 Å². The van der Waals surface area contributed by atoms with Crippen LogP contribution in [0.5, 0.6) is 0 Å². The third-order valence-corrected chi connectivity index (χ3v) is 4.79. The molecule has 0 aliphatic carbocycles. The first-order valence-corrected chi connectivity index (χ1v) is 11.0. The van der Waals surface area contributed by atoms with Gasteiger partial charge in [-0.2, -0.15) is 0 Å². The highest BCUT2D eigenvalue weighted by Crippen LogP contribution is 2.12. The summed E-state index contributed by atoms with van der Waals surface area (Å²) >= 11 is 0. The molecule has 0 radical (unpaired) electrons. The Morgan fingerprint density at radius 3 is 1.30 bits per heavy atom. The van der Waals surface area contributed by atoms with Crippen molar-refractivity contribution in [2.75, 3.05) is 72.7 Å². The van der Waals surface area contributed by atoms with E-state index in [9.17, 15) is 0 Å². The molecule has 0 amide bonds. The van der Waals surface area contributed by atoms with Crippen molar-refractivity contribution in [1.82, 2.24) is 0 Å². The summed E-state index contributed by atoms with van der Waals surface area (Å²) in [6, 6.07) is 0. The number of ether oxygens (including phenoxy) is 9. The maximum atomic E-state index is 6.00. The molecule has 0 spiro atoms. The average molecular weight is 435 g/mol. The molecular weight excluding hydrogens is 396 g/mol. The zero-order valence-electron chi connectivity index (χ0n) is 18.5. The van der Waals surface area contributed by atoms with Gasteiger partial charge in [-0.3, -0.25) is 0 Å². The normalized spacial score (nSPS) is 28.7. The third-order valence-electron chi connectivity index (χ3n) is 4.79. The van der Waals surface area contributed by atoms with Gasteiger partial charge in [-0.1, -0.05) is 0 Å². The molecule has 0 N–H and O–H groups in total. The van der Waals surface area contributed by atoms with E-state index in [1.807, 2.05) is 20.8 Å². The molecule has 0 bridgehead atoms. The van der Waals surface area contributed by atoms with E-state index < -0.39 is 0 Å². The second kappa shape index (κ2) is 13.2. The largest absolute Gasteiger partial charge is 0.376 e. The van der Waals surface area contributed by atoms with Gasteiger partial charge in [0.25, 0.3) is 0 Å². The minimum absolute atomic E-state index is 0.00892. The first kappa shape index (κ1) is 24.3. The van der Waals surface area contributed by atoms with Crippen LogP contribution >= 0.6 is 0 Å². The molecule has 3 saturated heterocycles. The highest BCUT2D eigenvalue weighted by atomic mass is 16.6. The fourth-order valence-electron chi connectivity index (χ4n) is 2.60. The van der Waals surface area contributed by atoms with Gasteiger partial charge in [0.15, 0.2) is 0 Å². The topological polar surface area (TPSA) is 93.0 Å². The van der Waals surface area contributed by atoms with Crippen molar-refractivity contribution in [2.45, 2.75) is 63.5 Å². The SMILES string of the molecule is C[C@H](COCC(COC[C@H](C)OC[C@@H]1CO1)OC[C@H](C)OC[C@@H]1CO1)OC[C@@H]1CO1. The van der Waals surface area contributed by atoms with Crippen LogP contribution < -0.4 is 0 Å². The minimum atomic E-state index is -0.189. The molecule has 9 nitrogen and oxygen atoms in total. The third kappa shape index (κ3) is 11.9. The summed E-state index contributed by atoms with van der Waals surface area (Å²) in [4.78, 5) is 0. The van der Waals surface area contributed by atoms with Crippen molar-refractivity contribution in [2.24, 2.45) is 0 Å². The monoisotopic (exact) mass is 434 g/mol. The van der Waals surface area contributed by atoms with Gasteiger partial charge in [0.1, 0.15) is 24.4 Å². The second-order valence-electron chi connectivity index (χ2n) is 8.33. The Bertz CT molecular complexity index is 426. The molecule has 3 heterocycles. The van der Waals surface area contributed by atoms with Crippen molar-refractivity contribution < 1.29 is 42.6 Å². The summed E-state index contributed by atoms with van der Waals surface area (Å²) in [6.07, 6.45) is 0.582. The highest BCUT2D eigenvalue weighted by Gasteiger charge is 2.25. The van der Waals surface area contributed by atoms with Crippen molar-refractivity contribution >= 4 is 0 Å². The van der Waals surface area contributed by atoms with E-state index in [1.54, 1.807) is 0 Å². The fourth-order valence-corrected chi connectivity index (χ4v) is 2.60. The zero-order chi connectivity index (χ0) is 21.2. The predicted molar refractivity (Wildman–Crippen MR) is 107 cm³/mol. The molecule has 3 aliphatic rings. The van der Waals surface area contributed by atoms with E-state index in [-0.39, 0.29) is 42.7 Å². The average Bonchev–Trinajstić information content (AvgIpc) is 3.56. The van der Waals surface area contributed by atoms with Crippen LogP contribution in [0.4, 0.5) is 0 Å². The van der Waals surface area contributed by atoms with Crippen molar-refractivity contribution in [3.05, 3.63) is 0 Å². The number of epoxide rings is 3. The molecule has 176 valence electrons. The molecule has 0 aromatic carbocycles. The second-order valence-corrected chi connectivity index (χ2v) is 8.33. The Labute approximate surface area is 179 Å². The van der Waals surface area contributed by atoms with E-state index >= 15 is 0 Å². The van der Waals surface area contributed by atoms with E-state index in [2.05, 4.69) is 0 Å². The summed E-state index contributed by atoms with van der Waals surface area (Å²) < 4.78 is 50.2. The van der Waals surface area contributed by atoms with Gasteiger partial charge in [-0.05, 0) is 20.8 Å². The van der Waals surface area contributed by atoms with E-state index in [4.69, 9.17) is 42.6 Å². The smallest absolute Gasteiger partial charge is 0.104 e. The number of hydrogen-bond acceptors (Lipinski definition) is 9. The van der Waals surface area contributed by atoms with E-state index in [1.165, 1.54) is 0 Å². The molecule has 30 heavy (non-hydrogen) atoms. The standard InChI is InChI=1S/C21H38O9/c1-15(24-9-19-12-28-19)4-22-7-18(27-6-17(3)26-11-21-14-30-21)8-23-5-16(2)25-10-20-13-29-20/h15-21H,4-14H2,1-3H3/t15-,16+,17-,18?,19+,20+,21+/m0/s1. The number of hydrogen-bond donors (Lipinski definition) is 0. The van der Waals surface area contributed by atoms with Crippen LogP contribution in [0.3, 0.4) is 0 Å². The van der Waals surface area contributed by atoms with Crippen LogP contribution in [0.2, 0.25) is 0 Å². The van der Waals surface area contributed by atoms with Gasteiger partial charge < -0.3 is 42.6 Å². The van der Waals surface area contributed by atoms with Crippen LogP contribution in [0, 0.1) is 0 Å². The number of rotatable bonds is 20. The molecule has 0 aromatic rings. The van der Waals surface area contributed by atoms with Gasteiger partial charge in [0.05, 0.1) is 91.0 Å². The Kier molecular flexibility index (Phi) is 10.7. The molecule has 3 aliphatic heterocycles. The van der Waals surface area contributed by atoms with Crippen LogP contribution in [0.25, 0.3) is 0 Å². The lowest BCUT2D eigenvalue weighted by Crippen LogP contribution is -2.32. The van der Waals surface area contributed by atoms with Gasteiger partial charge in [-0.25, -0.2) is 0 Å². The first-order valence-electron chi connectivity index (χ1n) is 11.0. The molecule has 7 atom stereocenters. The maximum absolute atomic E-state index is 6.00. The molecule has 3 fully saturated rings. The predicted octanol–water partition coefficient (Wildman–Crippen LogP) is 0.817. The van der Waals surface area contributed by atoms with E-state index in [0.29, 0.717) is 52.9 Å². The van der Waals surface area contributed by atoms with E-state index in [0.717, 1.165) is 19.8 Å². The molecule has 0 saturated carbocycles. The van der Waals surface area contributed by atoms with Gasteiger partial charge in [0.2, 0.25) is 0 Å². The van der Waals surface area contributed by atoms with Gasteiger partial charge in [-0.15, -0.1) is 0 Å². The molecule has 9 heteroatoms. The summed E-state index contributed by atoms with van der Waals surface area (Å²) in [7, 11) is 0. The lowest BCUT2D eigenvalue weighted by atomic mass is 10.3.